The molecule has 16 heavy (non-hydrogen) atoms. The molecule has 0 saturated carbocycles. The van der Waals surface area contributed by atoms with Crippen molar-refractivity contribution in [3.8, 4) is 0 Å². The average Bonchev–Trinajstić information content (AvgIpc) is 2.15. The highest BCUT2D eigenvalue weighted by molar-refractivity contribution is 14.1. The Hall–Kier alpha value is 0.157. The third-order valence-electron chi connectivity index (χ3n) is 2.21. The number of allylic oxidation sites excluding steroid dienone is 1. The van der Waals surface area contributed by atoms with Crippen molar-refractivity contribution < 1.29 is 9.53 Å². The maximum absolute atomic E-state index is 11.0. The number of halogens is 1. The molecule has 0 aliphatic heterocycles. The van der Waals surface area contributed by atoms with Crippen LogP contribution in [0.25, 0.3) is 0 Å². The van der Waals surface area contributed by atoms with Crippen LogP contribution in [0.15, 0.2) is 12.2 Å². The van der Waals surface area contributed by atoms with Gasteiger partial charge in [-0.15, -0.1) is 21.8 Å². The van der Waals surface area contributed by atoms with Crippen LogP contribution in [0.3, 0.4) is 0 Å². The van der Waals surface area contributed by atoms with E-state index >= 15 is 0 Å². The SMILES string of the molecule is CC=CC(=O)OCCCCCC[Si](C)(C)I. The van der Waals surface area contributed by atoms with Crippen LogP contribution in [-0.4, -0.2) is 18.1 Å². The number of rotatable bonds is 8. The van der Waals surface area contributed by atoms with Gasteiger partial charge in [-0.2, -0.15) is 0 Å². The standard InChI is InChI=1S/C12H23IO2Si/c1-4-9-12(14)15-10-7-5-6-8-11-16(2,3)13/h4,9H,5-8,10-11H2,1-3H3. The molecule has 0 atom stereocenters. The van der Waals surface area contributed by atoms with E-state index in [0.29, 0.717) is 6.61 Å². The van der Waals surface area contributed by atoms with Crippen LogP contribution < -0.4 is 0 Å². The van der Waals surface area contributed by atoms with E-state index in [4.69, 9.17) is 4.74 Å². The molecule has 0 heterocycles. The Bertz CT molecular complexity index is 222. The quantitative estimate of drug-likeness (QED) is 0.162. The molecule has 0 fully saturated rings. The summed E-state index contributed by atoms with van der Waals surface area (Å²) in [6, 6.07) is 1.39. The zero-order valence-corrected chi connectivity index (χ0v) is 13.7. The van der Waals surface area contributed by atoms with Gasteiger partial charge in [-0.05, 0) is 19.4 Å². The van der Waals surface area contributed by atoms with Crippen molar-refractivity contribution in [2.75, 3.05) is 6.61 Å². The van der Waals surface area contributed by atoms with Gasteiger partial charge in [0.1, 0.15) is 5.57 Å². The predicted octanol–water partition coefficient (Wildman–Crippen LogP) is 4.31. The Labute approximate surface area is 113 Å². The number of hydrogen-bond acceptors (Lipinski definition) is 2. The lowest BCUT2D eigenvalue weighted by Gasteiger charge is -2.12. The first-order valence-corrected chi connectivity index (χ1v) is 12.3. The first-order valence-electron chi connectivity index (χ1n) is 5.94. The van der Waals surface area contributed by atoms with Gasteiger partial charge in [-0.25, -0.2) is 4.79 Å². The van der Waals surface area contributed by atoms with E-state index in [1.807, 2.05) is 6.92 Å². The second-order valence-corrected chi connectivity index (χ2v) is 17.2. The van der Waals surface area contributed by atoms with Crippen molar-refractivity contribution in [3.63, 3.8) is 0 Å². The van der Waals surface area contributed by atoms with Crippen molar-refractivity contribution in [1.82, 2.24) is 0 Å². The van der Waals surface area contributed by atoms with Gasteiger partial charge in [-0.3, -0.25) is 0 Å². The van der Waals surface area contributed by atoms with E-state index in [-0.39, 0.29) is 5.97 Å². The summed E-state index contributed by atoms with van der Waals surface area (Å²) in [6.07, 6.45) is 7.92. The molecule has 0 aliphatic rings. The van der Waals surface area contributed by atoms with Crippen LogP contribution in [0.2, 0.25) is 19.1 Å². The molecule has 0 amide bonds. The van der Waals surface area contributed by atoms with Gasteiger partial charge in [0.05, 0.1) is 6.61 Å². The van der Waals surface area contributed by atoms with Crippen molar-refractivity contribution in [2.45, 2.75) is 51.7 Å². The molecular formula is C12H23IO2Si. The molecule has 4 heteroatoms. The van der Waals surface area contributed by atoms with Crippen LogP contribution in [-0.2, 0) is 9.53 Å². The van der Waals surface area contributed by atoms with Gasteiger partial charge in [0.2, 0.25) is 0 Å². The van der Waals surface area contributed by atoms with E-state index in [9.17, 15) is 4.79 Å². The van der Waals surface area contributed by atoms with E-state index in [1.54, 1.807) is 6.08 Å². The second-order valence-electron chi connectivity index (χ2n) is 4.55. The molecule has 0 aromatic rings. The van der Waals surface area contributed by atoms with Crippen LogP contribution >= 0.6 is 21.8 Å². The minimum Gasteiger partial charge on any atom is -0.463 e. The Morgan fingerprint density at radius 3 is 2.44 bits per heavy atom. The fourth-order valence-electron chi connectivity index (χ4n) is 1.36. The van der Waals surface area contributed by atoms with Crippen molar-refractivity contribution in [3.05, 3.63) is 12.2 Å². The number of ether oxygens (including phenoxy) is 1. The van der Waals surface area contributed by atoms with Gasteiger partial charge < -0.3 is 4.74 Å². The molecule has 94 valence electrons. The van der Waals surface area contributed by atoms with E-state index in [1.165, 1.54) is 31.4 Å². The van der Waals surface area contributed by atoms with Crippen LogP contribution in [0.1, 0.15) is 32.6 Å². The zero-order chi connectivity index (χ0) is 12.4. The fourth-order valence-corrected chi connectivity index (χ4v) is 3.59. The van der Waals surface area contributed by atoms with E-state index < -0.39 is 5.57 Å². The van der Waals surface area contributed by atoms with Gasteiger partial charge in [-0.1, -0.05) is 38.4 Å². The molecule has 0 saturated heterocycles. The molecule has 2 nitrogen and oxygen atoms in total. The highest BCUT2D eigenvalue weighted by Crippen LogP contribution is 2.21. The Morgan fingerprint density at radius 2 is 1.88 bits per heavy atom. The maximum Gasteiger partial charge on any atom is 0.330 e. The Balaban J connectivity index is 3.25. The lowest BCUT2D eigenvalue weighted by molar-refractivity contribution is -0.137. The Kier molecular flexibility index (Phi) is 9.30. The zero-order valence-electron chi connectivity index (χ0n) is 10.6. The molecule has 0 aliphatic carbocycles. The lowest BCUT2D eigenvalue weighted by atomic mass is 10.2. The van der Waals surface area contributed by atoms with Crippen molar-refractivity contribution in [2.24, 2.45) is 0 Å². The van der Waals surface area contributed by atoms with Gasteiger partial charge in [0.15, 0.2) is 0 Å². The largest absolute Gasteiger partial charge is 0.463 e. The van der Waals surface area contributed by atoms with E-state index in [2.05, 4.69) is 34.9 Å². The molecule has 0 spiro atoms. The van der Waals surface area contributed by atoms with Crippen molar-refractivity contribution >= 4 is 33.3 Å². The van der Waals surface area contributed by atoms with Gasteiger partial charge in [0.25, 0.3) is 0 Å². The highest BCUT2D eigenvalue weighted by atomic mass is 127. The number of hydrogen-bond donors (Lipinski definition) is 0. The van der Waals surface area contributed by atoms with E-state index in [0.717, 1.165) is 6.42 Å². The molecule has 0 unspecified atom stereocenters. The minimum atomic E-state index is -0.879. The summed E-state index contributed by atoms with van der Waals surface area (Å²) in [5.41, 5.74) is -0.879. The summed E-state index contributed by atoms with van der Waals surface area (Å²) in [5.74, 6) is -0.219. The average molecular weight is 354 g/mol. The monoisotopic (exact) mass is 354 g/mol. The lowest BCUT2D eigenvalue weighted by Crippen LogP contribution is -2.13. The smallest absolute Gasteiger partial charge is 0.330 e. The maximum atomic E-state index is 11.0. The summed E-state index contributed by atoms with van der Waals surface area (Å²) in [7, 11) is 0. The summed E-state index contributed by atoms with van der Waals surface area (Å²) in [4.78, 5) is 11.0. The summed E-state index contributed by atoms with van der Waals surface area (Å²) < 4.78 is 5.01. The normalized spacial score (nSPS) is 12.0. The number of esters is 1. The molecule has 0 aromatic carbocycles. The minimum absolute atomic E-state index is 0.219. The topological polar surface area (TPSA) is 26.3 Å². The summed E-state index contributed by atoms with van der Waals surface area (Å²) in [6.45, 7) is 7.17. The molecule has 0 bridgehead atoms. The molecular weight excluding hydrogens is 331 g/mol. The highest BCUT2D eigenvalue weighted by Gasteiger charge is 2.14. The first kappa shape index (κ1) is 16.2. The van der Waals surface area contributed by atoms with Crippen LogP contribution in [0.5, 0.6) is 0 Å². The number of carbonyl (C=O) groups excluding carboxylic acids is 1. The second kappa shape index (κ2) is 9.21. The third-order valence-corrected chi connectivity index (χ3v) is 5.37. The number of unbranched alkanes of at least 4 members (excludes halogenated alkanes) is 3. The summed E-state index contributed by atoms with van der Waals surface area (Å²) >= 11 is 2.62. The summed E-state index contributed by atoms with van der Waals surface area (Å²) in [5, 5.41) is 0. The molecule has 0 radical (unpaired) electrons. The molecule has 0 aromatic heterocycles. The number of carbonyl (C=O) groups is 1. The van der Waals surface area contributed by atoms with Gasteiger partial charge in [0, 0.05) is 6.08 Å². The van der Waals surface area contributed by atoms with Crippen LogP contribution in [0.4, 0.5) is 0 Å². The van der Waals surface area contributed by atoms with Gasteiger partial charge >= 0.3 is 5.97 Å². The fraction of sp³-hybridized carbons (Fsp3) is 0.750. The third kappa shape index (κ3) is 12.2. The predicted molar refractivity (Wildman–Crippen MR) is 80.6 cm³/mol. The Morgan fingerprint density at radius 1 is 1.25 bits per heavy atom. The molecule has 0 rings (SSSR count). The molecule has 0 N–H and O–H groups in total. The first-order chi connectivity index (χ1) is 7.45. The van der Waals surface area contributed by atoms with Crippen LogP contribution in [0, 0.1) is 0 Å². The van der Waals surface area contributed by atoms with Crippen molar-refractivity contribution in [1.29, 1.82) is 0 Å².